The molecule has 28 heavy (non-hydrogen) atoms. The highest BCUT2D eigenvalue weighted by Gasteiger charge is 2.32. The normalized spacial score (nSPS) is 18.0. The molecule has 0 aliphatic carbocycles. The highest BCUT2D eigenvalue weighted by Crippen LogP contribution is 2.27. The van der Waals surface area contributed by atoms with Crippen LogP contribution in [-0.2, 0) is 10.0 Å². The van der Waals surface area contributed by atoms with E-state index in [1.54, 1.807) is 28.2 Å². The number of piperidine rings is 1. The molecule has 0 aromatic heterocycles. The minimum Gasteiger partial charge on any atom is -0.322 e. The summed E-state index contributed by atoms with van der Waals surface area (Å²) in [6.07, 6.45) is 5.68. The van der Waals surface area contributed by atoms with E-state index in [0.717, 1.165) is 30.6 Å². The summed E-state index contributed by atoms with van der Waals surface area (Å²) in [6, 6.07) is 13.9. The minimum atomic E-state index is -3.53. The number of carbonyl (C=O) groups is 1. The zero-order valence-corrected chi connectivity index (χ0v) is 17.9. The molecule has 0 radical (unpaired) electrons. The monoisotopic (exact) mass is 418 g/mol. The van der Waals surface area contributed by atoms with E-state index in [9.17, 15) is 13.2 Å². The van der Waals surface area contributed by atoms with Gasteiger partial charge < -0.3 is 5.32 Å². The van der Waals surface area contributed by atoms with Crippen molar-refractivity contribution in [3.63, 3.8) is 0 Å². The highest BCUT2D eigenvalue weighted by molar-refractivity contribution is 7.98. The topological polar surface area (TPSA) is 66.5 Å². The third-order valence-corrected chi connectivity index (χ3v) is 7.82. The Kier molecular flexibility index (Phi) is 6.80. The number of anilines is 1. The van der Waals surface area contributed by atoms with Gasteiger partial charge in [0.1, 0.15) is 0 Å². The number of rotatable bonds is 6. The first-order chi connectivity index (χ1) is 13.5. The Bertz CT molecular complexity index is 910. The number of amides is 1. The van der Waals surface area contributed by atoms with E-state index in [2.05, 4.69) is 5.32 Å². The van der Waals surface area contributed by atoms with E-state index < -0.39 is 10.0 Å². The molecule has 1 saturated heterocycles. The number of nitrogens with zero attached hydrogens (tertiary/aromatic N) is 1. The summed E-state index contributed by atoms with van der Waals surface area (Å²) in [5, 5.41) is 2.84. The summed E-state index contributed by atoms with van der Waals surface area (Å²) in [5.41, 5.74) is 1.14. The largest absolute Gasteiger partial charge is 0.322 e. The van der Waals surface area contributed by atoms with Gasteiger partial charge in [-0.1, -0.05) is 13.3 Å². The smallest absolute Gasteiger partial charge is 0.255 e. The van der Waals surface area contributed by atoms with Gasteiger partial charge >= 0.3 is 0 Å². The van der Waals surface area contributed by atoms with Gasteiger partial charge in [0.05, 0.1) is 4.90 Å². The van der Waals surface area contributed by atoms with Crippen LogP contribution in [0.25, 0.3) is 0 Å². The Labute approximate surface area is 171 Å². The summed E-state index contributed by atoms with van der Waals surface area (Å²) in [4.78, 5) is 13.8. The summed E-state index contributed by atoms with van der Waals surface area (Å²) >= 11 is 1.64. The number of hydrogen-bond donors (Lipinski definition) is 1. The molecule has 2 aromatic rings. The predicted molar refractivity (Wildman–Crippen MR) is 114 cm³/mol. The van der Waals surface area contributed by atoms with E-state index >= 15 is 0 Å². The van der Waals surface area contributed by atoms with Crippen molar-refractivity contribution in [2.24, 2.45) is 0 Å². The van der Waals surface area contributed by atoms with Crippen molar-refractivity contribution in [2.45, 2.75) is 48.4 Å². The lowest BCUT2D eigenvalue weighted by Gasteiger charge is -2.34. The van der Waals surface area contributed by atoms with E-state index in [-0.39, 0.29) is 16.8 Å². The Morgan fingerprint density at radius 2 is 1.79 bits per heavy atom. The van der Waals surface area contributed by atoms with Gasteiger partial charge in [-0.15, -0.1) is 11.8 Å². The lowest BCUT2D eigenvalue weighted by molar-refractivity contribution is 0.102. The van der Waals surface area contributed by atoms with Crippen LogP contribution in [0.5, 0.6) is 0 Å². The predicted octanol–water partition coefficient (Wildman–Crippen LogP) is 4.61. The Morgan fingerprint density at radius 3 is 2.39 bits per heavy atom. The van der Waals surface area contributed by atoms with Crippen LogP contribution in [0.4, 0.5) is 5.69 Å². The second kappa shape index (κ2) is 9.11. The second-order valence-corrected chi connectivity index (χ2v) is 9.65. The van der Waals surface area contributed by atoms with Gasteiger partial charge in [-0.25, -0.2) is 8.42 Å². The molecule has 3 rings (SSSR count). The number of nitrogens with one attached hydrogen (secondary N) is 1. The van der Waals surface area contributed by atoms with Crippen molar-refractivity contribution >= 4 is 33.4 Å². The van der Waals surface area contributed by atoms with Gasteiger partial charge in [-0.3, -0.25) is 4.79 Å². The molecule has 0 saturated carbocycles. The molecule has 150 valence electrons. The van der Waals surface area contributed by atoms with Gasteiger partial charge in [0.25, 0.3) is 5.91 Å². The van der Waals surface area contributed by atoms with Gasteiger partial charge in [-0.05, 0) is 74.0 Å². The molecular weight excluding hydrogens is 392 g/mol. The molecule has 1 N–H and O–H groups in total. The van der Waals surface area contributed by atoms with Crippen LogP contribution in [-0.4, -0.2) is 37.5 Å². The summed E-state index contributed by atoms with van der Waals surface area (Å²) in [5.74, 6) is -0.259. The van der Waals surface area contributed by atoms with Gasteiger partial charge in [0, 0.05) is 28.7 Å². The fourth-order valence-corrected chi connectivity index (χ4v) is 5.67. The molecule has 1 amide bonds. The van der Waals surface area contributed by atoms with Crippen LogP contribution in [0.1, 0.15) is 43.0 Å². The first kappa shape index (κ1) is 20.9. The SMILES string of the molecule is CCC1CCCCN1S(=O)(=O)c1ccc(C(=O)Nc2ccc(SC)cc2)cc1. The Balaban J connectivity index is 1.73. The van der Waals surface area contributed by atoms with Crippen LogP contribution in [0.3, 0.4) is 0 Å². The summed E-state index contributed by atoms with van der Waals surface area (Å²) in [7, 11) is -3.53. The first-order valence-electron chi connectivity index (χ1n) is 9.53. The average molecular weight is 419 g/mol. The fraction of sp³-hybridized carbons (Fsp3) is 0.381. The number of sulfonamides is 1. The van der Waals surface area contributed by atoms with Crippen LogP contribution in [0, 0.1) is 0 Å². The van der Waals surface area contributed by atoms with Gasteiger partial charge in [0.15, 0.2) is 0 Å². The zero-order valence-electron chi connectivity index (χ0n) is 16.2. The molecule has 1 fully saturated rings. The molecule has 2 aromatic carbocycles. The number of hydrogen-bond acceptors (Lipinski definition) is 4. The second-order valence-electron chi connectivity index (χ2n) is 6.88. The zero-order chi connectivity index (χ0) is 20.1. The molecule has 7 heteroatoms. The van der Waals surface area contributed by atoms with Crippen LogP contribution in [0.15, 0.2) is 58.3 Å². The molecule has 1 aliphatic rings. The highest BCUT2D eigenvalue weighted by atomic mass is 32.2. The van der Waals surface area contributed by atoms with Gasteiger partial charge in [0.2, 0.25) is 10.0 Å². The lowest BCUT2D eigenvalue weighted by atomic mass is 10.0. The number of carbonyl (C=O) groups excluding carboxylic acids is 1. The standard InChI is InChI=1S/C21H26N2O3S2/c1-3-18-6-4-5-15-23(18)28(25,26)20-13-7-16(8-14-20)21(24)22-17-9-11-19(27-2)12-10-17/h7-14,18H,3-6,15H2,1-2H3,(H,22,24). The van der Waals surface area contributed by atoms with Crippen LogP contribution in [0.2, 0.25) is 0 Å². The maximum absolute atomic E-state index is 13.0. The lowest BCUT2D eigenvalue weighted by Crippen LogP contribution is -2.43. The third-order valence-electron chi connectivity index (χ3n) is 5.12. The summed E-state index contributed by atoms with van der Waals surface area (Å²) < 4.78 is 27.6. The number of thioether (sulfide) groups is 1. The maximum Gasteiger partial charge on any atom is 0.255 e. The third kappa shape index (κ3) is 4.59. The average Bonchev–Trinajstić information content (AvgIpc) is 2.74. The minimum absolute atomic E-state index is 0.0611. The first-order valence-corrected chi connectivity index (χ1v) is 12.2. The van der Waals surface area contributed by atoms with Crippen molar-refractivity contribution in [2.75, 3.05) is 18.1 Å². The van der Waals surface area contributed by atoms with Gasteiger partial charge in [-0.2, -0.15) is 4.31 Å². The molecule has 1 aliphatic heterocycles. The van der Waals surface area contributed by atoms with E-state index in [1.165, 1.54) is 12.1 Å². The van der Waals surface area contributed by atoms with Crippen molar-refractivity contribution in [1.82, 2.24) is 4.31 Å². The Hall–Kier alpha value is -1.83. The quantitative estimate of drug-likeness (QED) is 0.696. The maximum atomic E-state index is 13.0. The molecule has 0 spiro atoms. The molecule has 1 heterocycles. The fourth-order valence-electron chi connectivity index (χ4n) is 3.49. The molecule has 1 atom stereocenters. The van der Waals surface area contributed by atoms with Crippen molar-refractivity contribution in [1.29, 1.82) is 0 Å². The van der Waals surface area contributed by atoms with E-state index in [4.69, 9.17) is 0 Å². The molecule has 1 unspecified atom stereocenters. The van der Waals surface area contributed by atoms with Crippen molar-refractivity contribution in [3.8, 4) is 0 Å². The van der Waals surface area contributed by atoms with Crippen LogP contribution < -0.4 is 5.32 Å². The van der Waals surface area contributed by atoms with E-state index in [1.807, 2.05) is 37.4 Å². The van der Waals surface area contributed by atoms with Crippen LogP contribution >= 0.6 is 11.8 Å². The summed E-state index contributed by atoms with van der Waals surface area (Å²) in [6.45, 7) is 2.59. The van der Waals surface area contributed by atoms with Crippen molar-refractivity contribution in [3.05, 3.63) is 54.1 Å². The molecular formula is C21H26N2O3S2. The van der Waals surface area contributed by atoms with Crippen molar-refractivity contribution < 1.29 is 13.2 Å². The van der Waals surface area contributed by atoms with E-state index in [0.29, 0.717) is 17.8 Å². The Morgan fingerprint density at radius 1 is 1.11 bits per heavy atom. The molecule has 5 nitrogen and oxygen atoms in total. The molecule has 0 bridgehead atoms. The number of benzene rings is 2.